The van der Waals surface area contributed by atoms with Crippen LogP contribution in [0.2, 0.25) is 0 Å². The average Bonchev–Trinajstić information content (AvgIpc) is 2.87. The molecule has 1 aliphatic heterocycles. The molecule has 1 saturated carbocycles. The molecule has 1 aliphatic carbocycles. The predicted molar refractivity (Wildman–Crippen MR) is 142 cm³/mol. The third-order valence-corrected chi connectivity index (χ3v) is 9.24. The van der Waals surface area contributed by atoms with E-state index in [0.717, 1.165) is 65.7 Å². The molecule has 0 radical (unpaired) electrons. The molecule has 2 aliphatic rings. The van der Waals surface area contributed by atoms with Gasteiger partial charge in [-0.05, 0) is 80.3 Å². The van der Waals surface area contributed by atoms with Crippen molar-refractivity contribution in [2.24, 2.45) is 11.8 Å². The number of thioether (sulfide) groups is 1. The summed E-state index contributed by atoms with van der Waals surface area (Å²) in [5.41, 5.74) is 1.70. The number of rotatable bonds is 11. The molecule has 6 nitrogen and oxygen atoms in total. The highest BCUT2D eigenvalue weighted by molar-refractivity contribution is 7.99. The number of ether oxygens (including phenoxy) is 1. The molecule has 2 heterocycles. The van der Waals surface area contributed by atoms with Crippen LogP contribution in [0.4, 0.5) is 0 Å². The van der Waals surface area contributed by atoms with Crippen LogP contribution in [0.15, 0.2) is 30.5 Å². The second-order valence-electron chi connectivity index (χ2n) is 10.2. The highest BCUT2D eigenvalue weighted by atomic mass is 32.2. The Bertz CT molecular complexity index is 965. The van der Waals surface area contributed by atoms with Gasteiger partial charge in [0.15, 0.2) is 0 Å². The molecular weight excluding hydrogens is 460 g/mol. The van der Waals surface area contributed by atoms with E-state index in [-0.39, 0.29) is 12.3 Å². The lowest BCUT2D eigenvalue weighted by Gasteiger charge is -2.38. The number of fused-ring (bicyclic) bond motifs is 1. The lowest BCUT2D eigenvalue weighted by Crippen LogP contribution is -2.42. The molecule has 4 rings (SSSR count). The first kappa shape index (κ1) is 26.2. The van der Waals surface area contributed by atoms with Gasteiger partial charge in [0.25, 0.3) is 0 Å². The summed E-state index contributed by atoms with van der Waals surface area (Å²) in [6, 6.07) is 7.60. The summed E-state index contributed by atoms with van der Waals surface area (Å²) in [5, 5.41) is 22.4. The normalized spacial score (nSPS) is 22.8. The minimum Gasteiger partial charge on any atom is -0.497 e. The Hall–Kier alpha value is -1.83. The molecule has 2 aromatic rings. The number of pyridine rings is 1. The zero-order chi connectivity index (χ0) is 24.6. The fraction of sp³-hybridized carbons (Fsp3) is 0.643. The Morgan fingerprint density at radius 1 is 1.20 bits per heavy atom. The summed E-state index contributed by atoms with van der Waals surface area (Å²) >= 11 is 2.12. The molecular formula is C28H40N2O4S. The van der Waals surface area contributed by atoms with Crippen molar-refractivity contribution in [3.8, 4) is 5.75 Å². The van der Waals surface area contributed by atoms with Crippen LogP contribution in [-0.2, 0) is 4.79 Å². The molecule has 192 valence electrons. The highest BCUT2D eigenvalue weighted by Gasteiger charge is 2.31. The minimum atomic E-state index is -0.716. The van der Waals surface area contributed by atoms with Gasteiger partial charge in [-0.15, -0.1) is 0 Å². The van der Waals surface area contributed by atoms with E-state index in [0.29, 0.717) is 12.3 Å². The lowest BCUT2D eigenvalue weighted by molar-refractivity contribution is -0.139. The second-order valence-corrected chi connectivity index (χ2v) is 11.6. The van der Waals surface area contributed by atoms with Crippen LogP contribution in [0.3, 0.4) is 0 Å². The number of aliphatic hydroxyl groups excluding tert-OH is 1. The number of piperidine rings is 1. The van der Waals surface area contributed by atoms with Gasteiger partial charge in [0.2, 0.25) is 0 Å². The average molecular weight is 501 g/mol. The molecule has 0 amide bonds. The molecule has 0 spiro atoms. The van der Waals surface area contributed by atoms with Gasteiger partial charge in [-0.25, -0.2) is 0 Å². The Morgan fingerprint density at radius 3 is 2.80 bits per heavy atom. The Morgan fingerprint density at radius 2 is 2.03 bits per heavy atom. The van der Waals surface area contributed by atoms with E-state index < -0.39 is 12.1 Å². The number of carbonyl (C=O) groups is 1. The number of methoxy groups -OCH3 is 1. The van der Waals surface area contributed by atoms with E-state index in [1.807, 2.05) is 24.3 Å². The van der Waals surface area contributed by atoms with Gasteiger partial charge < -0.3 is 19.8 Å². The molecule has 0 bridgehead atoms. The fourth-order valence-electron chi connectivity index (χ4n) is 5.87. The molecule has 1 aromatic carbocycles. The zero-order valence-corrected chi connectivity index (χ0v) is 21.7. The maximum absolute atomic E-state index is 11.6. The summed E-state index contributed by atoms with van der Waals surface area (Å²) in [7, 11) is 1.64. The number of hydrogen-bond donors (Lipinski definition) is 2. The lowest BCUT2D eigenvalue weighted by atomic mass is 9.79. The van der Waals surface area contributed by atoms with Crippen molar-refractivity contribution in [1.82, 2.24) is 9.88 Å². The minimum absolute atomic E-state index is 0.141. The van der Waals surface area contributed by atoms with E-state index in [9.17, 15) is 15.0 Å². The van der Waals surface area contributed by atoms with Gasteiger partial charge in [0.05, 0.1) is 18.7 Å². The monoisotopic (exact) mass is 500 g/mol. The van der Waals surface area contributed by atoms with E-state index >= 15 is 0 Å². The number of aromatic nitrogens is 1. The molecule has 1 saturated heterocycles. The molecule has 1 unspecified atom stereocenters. The maximum atomic E-state index is 11.6. The summed E-state index contributed by atoms with van der Waals surface area (Å²) in [6.07, 6.45) is 10.6. The molecule has 3 atom stereocenters. The Balaban J connectivity index is 1.32. The third-order valence-electron chi connectivity index (χ3n) is 7.88. The number of carboxylic acid groups (broad SMARTS) is 1. The van der Waals surface area contributed by atoms with Crippen LogP contribution in [0.1, 0.15) is 69.5 Å². The van der Waals surface area contributed by atoms with Crippen LogP contribution in [-0.4, -0.2) is 63.8 Å². The van der Waals surface area contributed by atoms with E-state index in [1.165, 1.54) is 32.1 Å². The quantitative estimate of drug-likeness (QED) is 0.419. The van der Waals surface area contributed by atoms with Gasteiger partial charge in [0, 0.05) is 42.1 Å². The van der Waals surface area contributed by atoms with Crippen molar-refractivity contribution >= 4 is 28.6 Å². The summed E-state index contributed by atoms with van der Waals surface area (Å²) in [4.78, 5) is 18.5. The smallest absolute Gasteiger partial charge is 0.303 e. The maximum Gasteiger partial charge on any atom is 0.303 e. The van der Waals surface area contributed by atoms with Gasteiger partial charge in [-0.2, -0.15) is 11.8 Å². The molecule has 2 fully saturated rings. The van der Waals surface area contributed by atoms with E-state index in [4.69, 9.17) is 4.74 Å². The van der Waals surface area contributed by atoms with Gasteiger partial charge in [-0.1, -0.05) is 19.3 Å². The fourth-order valence-corrected chi connectivity index (χ4v) is 7.23. The zero-order valence-electron chi connectivity index (χ0n) is 20.9. The summed E-state index contributed by atoms with van der Waals surface area (Å²) < 4.78 is 5.36. The first-order valence-electron chi connectivity index (χ1n) is 13.2. The topological polar surface area (TPSA) is 82.9 Å². The number of likely N-dealkylation sites (tertiary alicyclic amines) is 1. The molecule has 7 heteroatoms. The standard InChI is InChI=1S/C28H40N2O4S/c1-34-22-8-9-26-25(18-22)24(11-13-29-26)27(31)10-7-20-12-14-30(19-21(20)17-28(32)33)15-16-35-23-5-3-2-4-6-23/h8-9,11,13,18,20-21,23,27,31H,2-7,10,12,14-17,19H2,1H3,(H,32,33)/t20-,21+,27?/m1/s1. The number of aliphatic hydroxyl groups is 1. The van der Waals surface area contributed by atoms with Gasteiger partial charge >= 0.3 is 5.97 Å². The molecule has 35 heavy (non-hydrogen) atoms. The summed E-state index contributed by atoms with van der Waals surface area (Å²) in [5.74, 6) is 1.64. The van der Waals surface area contributed by atoms with Crippen molar-refractivity contribution in [1.29, 1.82) is 0 Å². The van der Waals surface area contributed by atoms with Crippen LogP contribution in [0, 0.1) is 11.8 Å². The van der Waals surface area contributed by atoms with Crippen molar-refractivity contribution in [2.75, 3.05) is 32.5 Å². The Kier molecular flexibility index (Phi) is 9.69. The number of aliphatic carboxylic acids is 1. The molecule has 1 aromatic heterocycles. The number of benzene rings is 1. The van der Waals surface area contributed by atoms with Crippen LogP contribution < -0.4 is 4.74 Å². The first-order chi connectivity index (χ1) is 17.0. The van der Waals surface area contributed by atoms with E-state index in [2.05, 4.69) is 21.6 Å². The van der Waals surface area contributed by atoms with Crippen molar-refractivity contribution in [3.05, 3.63) is 36.0 Å². The number of hydrogen-bond acceptors (Lipinski definition) is 6. The van der Waals surface area contributed by atoms with Crippen molar-refractivity contribution in [2.45, 2.75) is 69.1 Å². The van der Waals surface area contributed by atoms with Crippen molar-refractivity contribution < 1.29 is 19.7 Å². The molecule has 2 N–H and O–H groups in total. The SMILES string of the molecule is COc1ccc2nccc(C(O)CC[C@@H]3CCN(CCSC4CCCCC4)C[C@@H]3CC(=O)O)c2c1. The number of carboxylic acids is 1. The van der Waals surface area contributed by atoms with Crippen molar-refractivity contribution in [3.63, 3.8) is 0 Å². The van der Waals surface area contributed by atoms with Gasteiger partial charge in [0.1, 0.15) is 5.75 Å². The first-order valence-corrected chi connectivity index (χ1v) is 14.2. The summed E-state index contributed by atoms with van der Waals surface area (Å²) in [6.45, 7) is 2.93. The Labute approximate surface area is 213 Å². The third kappa shape index (κ3) is 7.34. The van der Waals surface area contributed by atoms with Crippen LogP contribution >= 0.6 is 11.8 Å². The second kappa shape index (κ2) is 12.9. The highest BCUT2D eigenvalue weighted by Crippen LogP contribution is 2.35. The van der Waals surface area contributed by atoms with E-state index in [1.54, 1.807) is 13.3 Å². The van der Waals surface area contributed by atoms with Crippen LogP contribution in [0.5, 0.6) is 5.75 Å². The largest absolute Gasteiger partial charge is 0.497 e. The number of nitrogens with zero attached hydrogens (tertiary/aromatic N) is 2. The van der Waals surface area contributed by atoms with Gasteiger partial charge in [-0.3, -0.25) is 9.78 Å². The predicted octanol–water partition coefficient (Wildman–Crippen LogP) is 5.54. The van der Waals surface area contributed by atoms with Crippen LogP contribution in [0.25, 0.3) is 10.9 Å².